The summed E-state index contributed by atoms with van der Waals surface area (Å²) in [6.07, 6.45) is 5.13. The van der Waals surface area contributed by atoms with E-state index >= 15 is 0 Å². The second-order valence-electron chi connectivity index (χ2n) is 10.6. The Morgan fingerprint density at radius 3 is 2.65 bits per heavy atom. The topological polar surface area (TPSA) is 55.8 Å². The number of carbonyl (C=O) groups is 1. The predicted molar refractivity (Wildman–Crippen MR) is 143 cm³/mol. The van der Waals surface area contributed by atoms with Crippen LogP contribution < -0.4 is 9.47 Å². The molecule has 192 valence electrons. The average Bonchev–Trinajstić information content (AvgIpc) is 3.35. The molecule has 5 heteroatoms. The first-order valence-corrected chi connectivity index (χ1v) is 12.9. The van der Waals surface area contributed by atoms with Crippen molar-refractivity contribution >= 4 is 5.97 Å². The standard InChI is InChI=1S/C27H23FO4.C5H10/c1-31-24-7-6-23(28)25-19-5-2-15(10-17(19)11-20(24)25)14-32-18-4-3-16-8-9-27(21(16)12-18)13-22(27)26(29)30;1-4-5(2)3/h2-7,10,12,22H,8-9,11,13-14H2,1H3,(H,29,30);4-5H,1H2,2-3H3. The van der Waals surface area contributed by atoms with Gasteiger partial charge >= 0.3 is 5.97 Å². The van der Waals surface area contributed by atoms with Crippen LogP contribution in [0.25, 0.3) is 11.1 Å². The highest BCUT2D eigenvalue weighted by Crippen LogP contribution is 2.62. The third-order valence-electron chi connectivity index (χ3n) is 7.95. The molecule has 0 aliphatic heterocycles. The Morgan fingerprint density at radius 1 is 1.19 bits per heavy atom. The van der Waals surface area contributed by atoms with Crippen molar-refractivity contribution in [2.24, 2.45) is 11.8 Å². The largest absolute Gasteiger partial charge is 0.496 e. The van der Waals surface area contributed by atoms with Crippen LogP contribution in [0, 0.1) is 17.7 Å². The number of carboxylic acids is 1. The summed E-state index contributed by atoms with van der Waals surface area (Å²) in [5, 5.41) is 9.46. The van der Waals surface area contributed by atoms with E-state index in [0.717, 1.165) is 52.8 Å². The van der Waals surface area contributed by atoms with E-state index in [1.54, 1.807) is 13.2 Å². The second-order valence-corrected chi connectivity index (χ2v) is 10.6. The van der Waals surface area contributed by atoms with Crippen LogP contribution in [0.2, 0.25) is 0 Å². The molecule has 0 heterocycles. The molecular weight excluding hydrogens is 467 g/mol. The number of benzene rings is 3. The van der Waals surface area contributed by atoms with Gasteiger partial charge in [0.1, 0.15) is 23.9 Å². The molecule has 37 heavy (non-hydrogen) atoms. The molecule has 1 N–H and O–H groups in total. The quantitative estimate of drug-likeness (QED) is 0.287. The molecule has 2 unspecified atom stereocenters. The van der Waals surface area contributed by atoms with Crippen LogP contribution in [0.5, 0.6) is 11.5 Å². The Hall–Kier alpha value is -3.60. The van der Waals surface area contributed by atoms with E-state index < -0.39 is 5.97 Å². The van der Waals surface area contributed by atoms with Crippen molar-refractivity contribution in [2.75, 3.05) is 7.11 Å². The molecule has 3 aliphatic carbocycles. The smallest absolute Gasteiger partial charge is 0.307 e. The van der Waals surface area contributed by atoms with Gasteiger partial charge < -0.3 is 14.6 Å². The van der Waals surface area contributed by atoms with Gasteiger partial charge in [-0.05, 0) is 77.3 Å². The van der Waals surface area contributed by atoms with Crippen molar-refractivity contribution in [2.45, 2.75) is 51.6 Å². The number of aliphatic carboxylic acids is 1. The summed E-state index contributed by atoms with van der Waals surface area (Å²) < 4.78 is 26.0. The van der Waals surface area contributed by atoms with Crippen LogP contribution >= 0.6 is 0 Å². The fraction of sp³-hybridized carbons (Fsp3) is 0.344. The molecule has 0 radical (unpaired) electrons. The first-order chi connectivity index (χ1) is 17.8. The molecule has 0 amide bonds. The highest BCUT2D eigenvalue weighted by atomic mass is 19.1. The first kappa shape index (κ1) is 25.1. The van der Waals surface area contributed by atoms with Crippen LogP contribution in [-0.4, -0.2) is 18.2 Å². The maximum Gasteiger partial charge on any atom is 0.307 e. The Morgan fingerprint density at radius 2 is 1.97 bits per heavy atom. The van der Waals surface area contributed by atoms with Gasteiger partial charge in [-0.2, -0.15) is 0 Å². The van der Waals surface area contributed by atoms with Gasteiger partial charge in [0.05, 0.1) is 13.0 Å². The lowest BCUT2D eigenvalue weighted by molar-refractivity contribution is -0.139. The Bertz CT molecular complexity index is 1380. The zero-order valence-electron chi connectivity index (χ0n) is 21.6. The van der Waals surface area contributed by atoms with Gasteiger partial charge in [-0.3, -0.25) is 4.79 Å². The minimum atomic E-state index is -0.698. The molecule has 3 aromatic rings. The van der Waals surface area contributed by atoms with E-state index in [4.69, 9.17) is 9.47 Å². The predicted octanol–water partition coefficient (Wildman–Crippen LogP) is 7.10. The van der Waals surface area contributed by atoms with Crippen molar-refractivity contribution in [3.05, 3.63) is 94.8 Å². The molecule has 0 bridgehead atoms. The van der Waals surface area contributed by atoms with Gasteiger partial charge in [0.15, 0.2) is 0 Å². The lowest BCUT2D eigenvalue weighted by Gasteiger charge is -2.13. The molecule has 1 fully saturated rings. The molecule has 3 aromatic carbocycles. The fourth-order valence-electron chi connectivity index (χ4n) is 5.76. The molecule has 1 spiro atoms. The van der Waals surface area contributed by atoms with Crippen molar-refractivity contribution < 1.29 is 23.8 Å². The molecule has 6 rings (SSSR count). The normalized spacial score (nSPS) is 20.0. The van der Waals surface area contributed by atoms with Gasteiger partial charge in [-0.1, -0.05) is 44.2 Å². The molecular formula is C32H33FO4. The second kappa shape index (κ2) is 9.70. The minimum Gasteiger partial charge on any atom is -0.496 e. The highest BCUT2D eigenvalue weighted by molar-refractivity contribution is 5.80. The summed E-state index contributed by atoms with van der Waals surface area (Å²) in [5.41, 5.74) is 6.72. The van der Waals surface area contributed by atoms with E-state index in [2.05, 4.69) is 32.6 Å². The van der Waals surface area contributed by atoms with Crippen molar-refractivity contribution in [3.8, 4) is 22.6 Å². The lowest BCUT2D eigenvalue weighted by Crippen LogP contribution is -2.11. The average molecular weight is 501 g/mol. The third-order valence-corrected chi connectivity index (χ3v) is 7.95. The number of hydrogen-bond donors (Lipinski definition) is 1. The van der Waals surface area contributed by atoms with Gasteiger partial charge in [-0.25, -0.2) is 4.39 Å². The summed E-state index contributed by atoms with van der Waals surface area (Å²) in [4.78, 5) is 11.5. The zero-order valence-corrected chi connectivity index (χ0v) is 21.6. The fourth-order valence-corrected chi connectivity index (χ4v) is 5.76. The Balaban J connectivity index is 0.000000514. The van der Waals surface area contributed by atoms with Gasteiger partial charge in [0, 0.05) is 23.0 Å². The van der Waals surface area contributed by atoms with Gasteiger partial charge in [0.2, 0.25) is 0 Å². The number of rotatable bonds is 6. The summed E-state index contributed by atoms with van der Waals surface area (Å²) in [6.45, 7) is 8.17. The van der Waals surface area contributed by atoms with Gasteiger partial charge in [-0.15, -0.1) is 6.58 Å². The number of ether oxygens (including phenoxy) is 2. The van der Waals surface area contributed by atoms with E-state index in [0.29, 0.717) is 30.3 Å². The minimum absolute atomic E-state index is 0.191. The molecule has 1 saturated carbocycles. The number of aryl methyl sites for hydroxylation is 1. The van der Waals surface area contributed by atoms with Crippen LogP contribution in [0.3, 0.4) is 0 Å². The number of carboxylic acid groups (broad SMARTS) is 1. The lowest BCUT2D eigenvalue weighted by atomic mass is 9.95. The molecule has 4 nitrogen and oxygen atoms in total. The number of halogens is 1. The number of allylic oxidation sites excluding steroid dienone is 1. The van der Waals surface area contributed by atoms with E-state index in [9.17, 15) is 14.3 Å². The Labute approximate surface area is 217 Å². The number of methoxy groups -OCH3 is 1. The van der Waals surface area contributed by atoms with Gasteiger partial charge in [0.25, 0.3) is 0 Å². The maximum atomic E-state index is 14.5. The van der Waals surface area contributed by atoms with E-state index in [-0.39, 0.29) is 17.2 Å². The van der Waals surface area contributed by atoms with Crippen LogP contribution in [-0.2, 0) is 29.7 Å². The third kappa shape index (κ3) is 4.52. The highest BCUT2D eigenvalue weighted by Gasteiger charge is 2.61. The summed E-state index contributed by atoms with van der Waals surface area (Å²) in [7, 11) is 1.61. The molecule has 0 saturated heterocycles. The first-order valence-electron chi connectivity index (χ1n) is 12.9. The summed E-state index contributed by atoms with van der Waals surface area (Å²) in [5.74, 6) is 0.927. The zero-order chi connectivity index (χ0) is 26.3. The molecule has 2 atom stereocenters. The summed E-state index contributed by atoms with van der Waals surface area (Å²) >= 11 is 0. The SMILES string of the molecule is C=CC(C)C.COc1ccc(F)c2c1Cc1cc(COc3ccc4c(c3)C3(CC4)CC3C(=O)O)ccc1-2. The van der Waals surface area contributed by atoms with Crippen LogP contribution in [0.1, 0.15) is 54.5 Å². The Kier molecular flexibility index (Phi) is 6.57. The number of hydrogen-bond acceptors (Lipinski definition) is 3. The molecule has 3 aliphatic rings. The van der Waals surface area contributed by atoms with Crippen LogP contribution in [0.4, 0.5) is 4.39 Å². The van der Waals surface area contributed by atoms with E-state index in [1.165, 1.54) is 11.6 Å². The van der Waals surface area contributed by atoms with Crippen molar-refractivity contribution in [1.29, 1.82) is 0 Å². The monoisotopic (exact) mass is 500 g/mol. The van der Waals surface area contributed by atoms with Crippen molar-refractivity contribution in [1.82, 2.24) is 0 Å². The van der Waals surface area contributed by atoms with Crippen LogP contribution in [0.15, 0.2) is 61.2 Å². The molecule has 0 aromatic heterocycles. The maximum absolute atomic E-state index is 14.5. The number of fused-ring (bicyclic) bond motifs is 5. The summed E-state index contributed by atoms with van der Waals surface area (Å²) in [6, 6.07) is 15.2. The van der Waals surface area contributed by atoms with Crippen molar-refractivity contribution in [3.63, 3.8) is 0 Å². The van der Waals surface area contributed by atoms with E-state index in [1.807, 2.05) is 30.3 Å².